The van der Waals surface area contributed by atoms with E-state index >= 15 is 0 Å². The number of hydrogen-bond acceptors (Lipinski definition) is 2. The molecule has 2 atom stereocenters. The van der Waals surface area contributed by atoms with Gasteiger partial charge in [0.2, 0.25) is 0 Å². The van der Waals surface area contributed by atoms with Gasteiger partial charge in [-0.15, -0.1) is 0 Å². The predicted octanol–water partition coefficient (Wildman–Crippen LogP) is 3.22. The van der Waals surface area contributed by atoms with Crippen LogP contribution in [0.25, 0.3) is 0 Å². The van der Waals surface area contributed by atoms with Crippen molar-refractivity contribution in [3.05, 3.63) is 0 Å². The second kappa shape index (κ2) is 6.61. The number of rotatable bonds is 5. The number of nitrogens with one attached hydrogen (secondary N) is 1. The van der Waals surface area contributed by atoms with E-state index in [0.717, 1.165) is 31.6 Å². The molecule has 1 fully saturated rings. The van der Waals surface area contributed by atoms with Crippen molar-refractivity contribution in [2.45, 2.75) is 58.9 Å². The van der Waals surface area contributed by atoms with Gasteiger partial charge >= 0.3 is 0 Å². The van der Waals surface area contributed by atoms with Crippen molar-refractivity contribution in [1.82, 2.24) is 5.32 Å². The van der Waals surface area contributed by atoms with Crippen LogP contribution in [0.4, 0.5) is 0 Å². The van der Waals surface area contributed by atoms with E-state index in [0.29, 0.717) is 0 Å². The van der Waals surface area contributed by atoms with Crippen LogP contribution in [0.1, 0.15) is 53.4 Å². The van der Waals surface area contributed by atoms with Crippen LogP contribution in [0.15, 0.2) is 0 Å². The molecule has 2 unspecified atom stereocenters. The van der Waals surface area contributed by atoms with Gasteiger partial charge in [-0.2, -0.15) is 0 Å². The Hall–Kier alpha value is -0.0800. The molecule has 0 amide bonds. The monoisotopic (exact) mass is 227 g/mol. The summed E-state index contributed by atoms with van der Waals surface area (Å²) in [4.78, 5) is 0. The highest BCUT2D eigenvalue weighted by Crippen LogP contribution is 2.30. The summed E-state index contributed by atoms with van der Waals surface area (Å²) in [5.74, 6) is 1.60. The molecule has 0 aromatic heterocycles. The average Bonchev–Trinajstić information content (AvgIpc) is 2.23. The van der Waals surface area contributed by atoms with Gasteiger partial charge in [0, 0.05) is 18.8 Å². The highest BCUT2D eigenvalue weighted by molar-refractivity contribution is 4.80. The highest BCUT2D eigenvalue weighted by Gasteiger charge is 2.26. The Balaban J connectivity index is 2.34. The van der Waals surface area contributed by atoms with Gasteiger partial charge in [0.05, 0.1) is 0 Å². The zero-order valence-electron chi connectivity index (χ0n) is 11.5. The molecule has 0 aliphatic heterocycles. The van der Waals surface area contributed by atoms with Gasteiger partial charge in [-0.3, -0.25) is 0 Å². The molecule has 0 aromatic rings. The normalized spacial score (nSPS) is 27.0. The van der Waals surface area contributed by atoms with Gasteiger partial charge in [0.15, 0.2) is 0 Å². The first-order valence-electron chi connectivity index (χ1n) is 6.85. The van der Waals surface area contributed by atoms with E-state index < -0.39 is 0 Å². The minimum Gasteiger partial charge on any atom is -0.381 e. The summed E-state index contributed by atoms with van der Waals surface area (Å²) in [6, 6.07) is 0. The van der Waals surface area contributed by atoms with E-state index in [1.54, 1.807) is 0 Å². The fourth-order valence-electron chi connectivity index (χ4n) is 2.48. The van der Waals surface area contributed by atoms with Gasteiger partial charge in [-0.25, -0.2) is 0 Å². The summed E-state index contributed by atoms with van der Waals surface area (Å²) in [6.07, 6.45) is 5.53. The maximum Gasteiger partial charge on any atom is 0.0497 e. The van der Waals surface area contributed by atoms with Gasteiger partial charge in [0.1, 0.15) is 0 Å². The quantitative estimate of drug-likeness (QED) is 0.778. The van der Waals surface area contributed by atoms with Crippen LogP contribution in [0.2, 0.25) is 0 Å². The van der Waals surface area contributed by atoms with Crippen LogP contribution >= 0.6 is 0 Å². The second-order valence-electron chi connectivity index (χ2n) is 6.09. The van der Waals surface area contributed by atoms with Gasteiger partial charge in [0.25, 0.3) is 0 Å². The molecule has 1 saturated carbocycles. The second-order valence-corrected chi connectivity index (χ2v) is 6.09. The van der Waals surface area contributed by atoms with Crippen LogP contribution < -0.4 is 5.32 Å². The van der Waals surface area contributed by atoms with E-state index in [2.05, 4.69) is 33.0 Å². The summed E-state index contributed by atoms with van der Waals surface area (Å²) >= 11 is 0. The van der Waals surface area contributed by atoms with E-state index in [1.807, 2.05) is 0 Å². The summed E-state index contributed by atoms with van der Waals surface area (Å²) < 4.78 is 5.61. The molecule has 1 rings (SSSR count). The predicted molar refractivity (Wildman–Crippen MR) is 69.7 cm³/mol. The first kappa shape index (κ1) is 14.0. The molecule has 16 heavy (non-hydrogen) atoms. The molecule has 2 heteroatoms. The lowest BCUT2D eigenvalue weighted by Crippen LogP contribution is -2.42. The largest absolute Gasteiger partial charge is 0.381 e. The standard InChI is InChI=1S/C14H29NO/c1-5-16-11-13-9-7-6-8-12(13)10-15-14(2,3)4/h12-13,15H,5-11H2,1-4H3. The van der Waals surface area contributed by atoms with Crippen molar-refractivity contribution in [1.29, 1.82) is 0 Å². The topological polar surface area (TPSA) is 21.3 Å². The van der Waals surface area contributed by atoms with Crippen LogP contribution in [0, 0.1) is 11.8 Å². The molecule has 2 nitrogen and oxygen atoms in total. The molecule has 1 aliphatic rings. The van der Waals surface area contributed by atoms with E-state index in [9.17, 15) is 0 Å². The van der Waals surface area contributed by atoms with Crippen LogP contribution in [0.5, 0.6) is 0 Å². The van der Waals surface area contributed by atoms with E-state index in [4.69, 9.17) is 4.74 Å². The Morgan fingerprint density at radius 2 is 1.75 bits per heavy atom. The van der Waals surface area contributed by atoms with Crippen molar-refractivity contribution in [3.63, 3.8) is 0 Å². The Labute approximate surface area is 101 Å². The average molecular weight is 227 g/mol. The molecule has 0 heterocycles. The molecule has 0 radical (unpaired) electrons. The lowest BCUT2D eigenvalue weighted by atomic mass is 9.79. The third kappa shape index (κ3) is 5.31. The van der Waals surface area contributed by atoms with E-state index in [-0.39, 0.29) is 5.54 Å². The fraction of sp³-hybridized carbons (Fsp3) is 1.00. The van der Waals surface area contributed by atoms with Crippen LogP contribution in [0.3, 0.4) is 0 Å². The summed E-state index contributed by atoms with van der Waals surface area (Å²) in [6.45, 7) is 11.8. The van der Waals surface area contributed by atoms with Crippen molar-refractivity contribution < 1.29 is 4.74 Å². The Morgan fingerprint density at radius 1 is 1.12 bits per heavy atom. The Kier molecular flexibility index (Phi) is 5.77. The Morgan fingerprint density at radius 3 is 2.31 bits per heavy atom. The molecular weight excluding hydrogens is 198 g/mol. The molecule has 1 aliphatic carbocycles. The molecular formula is C14H29NO. The molecule has 0 bridgehead atoms. The summed E-state index contributed by atoms with van der Waals surface area (Å²) in [5.41, 5.74) is 0.244. The Bertz CT molecular complexity index is 186. The molecule has 96 valence electrons. The molecule has 0 aromatic carbocycles. The summed E-state index contributed by atoms with van der Waals surface area (Å²) in [5, 5.41) is 3.64. The summed E-state index contributed by atoms with van der Waals surface area (Å²) in [7, 11) is 0. The first-order valence-corrected chi connectivity index (χ1v) is 6.85. The van der Waals surface area contributed by atoms with Gasteiger partial charge in [-0.05, 0) is 58.9 Å². The first-order chi connectivity index (χ1) is 7.53. The lowest BCUT2D eigenvalue weighted by Gasteiger charge is -2.34. The van der Waals surface area contributed by atoms with Crippen molar-refractivity contribution in [2.24, 2.45) is 11.8 Å². The van der Waals surface area contributed by atoms with Gasteiger partial charge < -0.3 is 10.1 Å². The lowest BCUT2D eigenvalue weighted by molar-refractivity contribution is 0.0642. The van der Waals surface area contributed by atoms with Crippen molar-refractivity contribution in [2.75, 3.05) is 19.8 Å². The fourth-order valence-corrected chi connectivity index (χ4v) is 2.48. The van der Waals surface area contributed by atoms with E-state index in [1.165, 1.54) is 25.7 Å². The zero-order valence-corrected chi connectivity index (χ0v) is 11.5. The minimum atomic E-state index is 0.244. The zero-order chi connectivity index (χ0) is 12.0. The van der Waals surface area contributed by atoms with Crippen LogP contribution in [-0.4, -0.2) is 25.3 Å². The van der Waals surface area contributed by atoms with Gasteiger partial charge in [-0.1, -0.05) is 12.8 Å². The van der Waals surface area contributed by atoms with Crippen LogP contribution in [-0.2, 0) is 4.74 Å². The molecule has 0 spiro atoms. The maximum absolute atomic E-state index is 5.61. The third-order valence-electron chi connectivity index (χ3n) is 3.50. The molecule has 1 N–H and O–H groups in total. The third-order valence-corrected chi connectivity index (χ3v) is 3.50. The number of hydrogen-bond donors (Lipinski definition) is 1. The van der Waals surface area contributed by atoms with Crippen molar-refractivity contribution in [3.8, 4) is 0 Å². The highest BCUT2D eigenvalue weighted by atomic mass is 16.5. The number of ether oxygens (including phenoxy) is 1. The minimum absolute atomic E-state index is 0.244. The maximum atomic E-state index is 5.61. The molecule has 0 saturated heterocycles. The van der Waals surface area contributed by atoms with Crippen molar-refractivity contribution >= 4 is 0 Å². The smallest absolute Gasteiger partial charge is 0.0497 e. The SMILES string of the molecule is CCOCC1CCCCC1CNC(C)(C)C.